The molecule has 0 aliphatic rings. The van der Waals surface area contributed by atoms with Gasteiger partial charge in [0, 0.05) is 11.1 Å². The zero-order chi connectivity index (χ0) is 18.5. The van der Waals surface area contributed by atoms with Gasteiger partial charge in [-0.25, -0.2) is 0 Å². The van der Waals surface area contributed by atoms with Crippen LogP contribution in [-0.2, 0) is 0 Å². The molecule has 126 valence electrons. The van der Waals surface area contributed by atoms with Gasteiger partial charge in [0.2, 0.25) is 0 Å². The molecular weight excluding hydrogens is 336 g/mol. The van der Waals surface area contributed by atoms with Crippen molar-refractivity contribution in [1.29, 1.82) is 0 Å². The van der Waals surface area contributed by atoms with Gasteiger partial charge in [0.05, 0.1) is 5.56 Å². The van der Waals surface area contributed by atoms with E-state index in [4.69, 9.17) is 0 Å². The van der Waals surface area contributed by atoms with Gasteiger partial charge in [-0.3, -0.25) is 0 Å². The van der Waals surface area contributed by atoms with Crippen molar-refractivity contribution in [3.8, 4) is 34.4 Å². The molecule has 0 radical (unpaired) electrons. The Kier molecular flexibility index (Phi) is 6.94. The van der Waals surface area contributed by atoms with Crippen molar-refractivity contribution in [3.05, 3.63) is 34.4 Å². The zero-order valence-corrected chi connectivity index (χ0v) is 19.9. The number of rotatable bonds is 0. The van der Waals surface area contributed by atoms with Crippen molar-refractivity contribution in [2.75, 3.05) is 0 Å². The van der Waals surface area contributed by atoms with Crippen LogP contribution in [0.5, 0.6) is 0 Å². The first-order valence-electron chi connectivity index (χ1n) is 8.60. The summed E-state index contributed by atoms with van der Waals surface area (Å²) in [7, 11) is -3.79. The summed E-state index contributed by atoms with van der Waals surface area (Å²) in [5, 5.41) is 0. The second kappa shape index (κ2) is 8.09. The number of hydrogen-bond acceptors (Lipinski definition) is 0. The molecule has 0 aliphatic carbocycles. The van der Waals surface area contributed by atoms with Crippen LogP contribution < -0.4 is 0 Å². The summed E-state index contributed by atoms with van der Waals surface area (Å²) in [4.78, 5) is 0. The third kappa shape index (κ3) is 7.89. The highest BCUT2D eigenvalue weighted by Crippen LogP contribution is 2.17. The van der Waals surface area contributed by atoms with E-state index in [9.17, 15) is 0 Å². The van der Waals surface area contributed by atoms with Crippen LogP contribution in [0.2, 0.25) is 52.4 Å². The maximum absolute atomic E-state index is 3.50. The number of benzene rings is 1. The Morgan fingerprint density at radius 2 is 1.21 bits per heavy atom. The Hall–Kier alpha value is -1.45. The predicted molar refractivity (Wildman–Crippen MR) is 117 cm³/mol. The molecule has 0 unspecified atom stereocenters. The summed E-state index contributed by atoms with van der Waals surface area (Å²) in [5.41, 5.74) is 14.8. The van der Waals surface area contributed by atoms with Crippen LogP contribution in [0, 0.1) is 41.3 Å². The fraction of sp³-hybridized carbons (Fsp3) is 0.429. The monoisotopic (exact) mass is 366 g/mol. The normalized spacial score (nSPS) is 10.9. The molecule has 24 heavy (non-hydrogen) atoms. The highest BCUT2D eigenvalue weighted by Gasteiger charge is 2.12. The summed E-state index contributed by atoms with van der Waals surface area (Å²) in [6, 6.07) is 4.33. The van der Waals surface area contributed by atoms with E-state index >= 15 is 0 Å². The lowest BCUT2D eigenvalue weighted by Gasteiger charge is -2.08. The first-order chi connectivity index (χ1) is 10.9. The van der Waals surface area contributed by atoms with Crippen LogP contribution in [0.3, 0.4) is 0 Å². The standard InChI is InChI=1S/C21H30Si3/c1-18-16-19(10-13-22(2)3)21(12-15-24(7,8)9)20(17-18)11-14-23(4,5)6/h16-17,22H,1-9H3. The van der Waals surface area contributed by atoms with Crippen LogP contribution >= 0.6 is 0 Å². The summed E-state index contributed by atoms with van der Waals surface area (Å²) >= 11 is 0. The number of hydrogen-bond donors (Lipinski definition) is 0. The van der Waals surface area contributed by atoms with Gasteiger partial charge in [0.25, 0.3) is 0 Å². The van der Waals surface area contributed by atoms with E-state index in [1.807, 2.05) is 0 Å². The minimum Gasteiger partial charge on any atom is -0.131 e. The second-order valence-electron chi connectivity index (χ2n) is 8.66. The fourth-order valence-corrected chi connectivity index (χ4v) is 3.30. The quantitative estimate of drug-likeness (QED) is 0.456. The molecular formula is C21H30Si3. The van der Waals surface area contributed by atoms with Crippen LogP contribution in [0.4, 0.5) is 0 Å². The molecule has 0 amide bonds. The van der Waals surface area contributed by atoms with E-state index in [-0.39, 0.29) is 0 Å². The largest absolute Gasteiger partial charge is 0.131 e. The summed E-state index contributed by atoms with van der Waals surface area (Å²) in [6.07, 6.45) is 0. The Morgan fingerprint density at radius 1 is 0.750 bits per heavy atom. The van der Waals surface area contributed by atoms with E-state index in [0.29, 0.717) is 0 Å². The van der Waals surface area contributed by atoms with Gasteiger partial charge < -0.3 is 0 Å². The van der Waals surface area contributed by atoms with Gasteiger partial charge in [0.15, 0.2) is 0 Å². The summed E-state index contributed by atoms with van der Waals surface area (Å²) in [6.45, 7) is 20.3. The molecule has 0 bridgehead atoms. The minimum absolute atomic E-state index is 0.919. The molecule has 0 aromatic heterocycles. The maximum atomic E-state index is 3.50. The van der Waals surface area contributed by atoms with Crippen molar-refractivity contribution >= 4 is 24.9 Å². The molecule has 0 nitrogen and oxygen atoms in total. The van der Waals surface area contributed by atoms with Gasteiger partial charge in [0.1, 0.15) is 24.9 Å². The van der Waals surface area contributed by atoms with Crippen LogP contribution in [0.15, 0.2) is 12.1 Å². The van der Waals surface area contributed by atoms with Crippen molar-refractivity contribution in [1.82, 2.24) is 0 Å². The first kappa shape index (κ1) is 20.6. The van der Waals surface area contributed by atoms with E-state index in [0.717, 1.165) is 16.7 Å². The maximum Gasteiger partial charge on any atom is 0.129 e. The van der Waals surface area contributed by atoms with E-state index in [2.05, 4.69) is 106 Å². The average molecular weight is 367 g/mol. The molecule has 0 atom stereocenters. The number of aryl methyl sites for hydroxylation is 1. The van der Waals surface area contributed by atoms with Crippen molar-refractivity contribution in [3.63, 3.8) is 0 Å². The van der Waals surface area contributed by atoms with Gasteiger partial charge in [-0.15, -0.1) is 16.6 Å². The second-order valence-corrected chi connectivity index (χ2v) is 20.8. The topological polar surface area (TPSA) is 0 Å². The van der Waals surface area contributed by atoms with E-state index in [1.54, 1.807) is 0 Å². The highest BCUT2D eigenvalue weighted by atomic mass is 28.3. The van der Waals surface area contributed by atoms with Gasteiger partial charge in [-0.05, 0) is 24.6 Å². The molecule has 0 aliphatic heterocycles. The SMILES string of the molecule is Cc1cc(C#C[SiH](C)C)c(C#C[Si](C)(C)C)c(C#C[Si](C)(C)C)c1. The minimum atomic E-state index is -1.44. The molecule has 1 aromatic rings. The molecule has 0 spiro atoms. The fourth-order valence-electron chi connectivity index (χ4n) is 1.85. The Balaban J connectivity index is 3.64. The van der Waals surface area contributed by atoms with Crippen molar-refractivity contribution < 1.29 is 0 Å². The lowest BCUT2D eigenvalue weighted by atomic mass is 9.99. The lowest BCUT2D eigenvalue weighted by Crippen LogP contribution is -2.17. The van der Waals surface area contributed by atoms with Crippen LogP contribution in [-0.4, -0.2) is 24.9 Å². The summed E-state index contributed by atoms with van der Waals surface area (Å²) < 4.78 is 0. The Bertz CT molecular complexity index is 784. The highest BCUT2D eigenvalue weighted by molar-refractivity contribution is 6.84. The van der Waals surface area contributed by atoms with Crippen molar-refractivity contribution in [2.45, 2.75) is 59.3 Å². The summed E-state index contributed by atoms with van der Waals surface area (Å²) in [5.74, 6) is 10.3. The molecule has 0 N–H and O–H groups in total. The molecule has 0 heterocycles. The predicted octanol–water partition coefficient (Wildman–Crippen LogP) is 4.83. The molecule has 0 saturated heterocycles. The molecule has 1 rings (SSSR count). The first-order valence-corrected chi connectivity index (χ1v) is 18.5. The third-order valence-corrected chi connectivity index (χ3v) is 5.38. The van der Waals surface area contributed by atoms with Gasteiger partial charge >= 0.3 is 0 Å². The van der Waals surface area contributed by atoms with Crippen LogP contribution in [0.1, 0.15) is 22.3 Å². The van der Waals surface area contributed by atoms with Crippen molar-refractivity contribution in [2.24, 2.45) is 0 Å². The molecule has 0 fully saturated rings. The average Bonchev–Trinajstić information content (AvgIpc) is 2.39. The van der Waals surface area contributed by atoms with Gasteiger partial charge in [-0.1, -0.05) is 70.1 Å². The van der Waals surface area contributed by atoms with Gasteiger partial charge in [-0.2, -0.15) is 0 Å². The molecule has 1 aromatic carbocycles. The molecule has 0 saturated carbocycles. The Morgan fingerprint density at radius 3 is 1.67 bits per heavy atom. The lowest BCUT2D eigenvalue weighted by molar-refractivity contribution is 1.41. The van der Waals surface area contributed by atoms with E-state index < -0.39 is 24.9 Å². The van der Waals surface area contributed by atoms with Crippen LogP contribution in [0.25, 0.3) is 0 Å². The smallest absolute Gasteiger partial charge is 0.129 e. The zero-order valence-electron chi connectivity index (χ0n) is 16.7. The third-order valence-electron chi connectivity index (χ3n) is 2.91. The molecule has 3 heteroatoms. The Labute approximate surface area is 153 Å². The van der Waals surface area contributed by atoms with E-state index in [1.165, 1.54) is 5.56 Å².